The largest absolute Gasteiger partial charge is 0.329 e. The van der Waals surface area contributed by atoms with Crippen molar-refractivity contribution in [3.63, 3.8) is 0 Å². The van der Waals surface area contributed by atoms with E-state index in [4.69, 9.17) is 5.73 Å². The number of nitrogens with two attached hydrogens (primary N) is 1. The van der Waals surface area contributed by atoms with Crippen molar-refractivity contribution >= 4 is 0 Å². The molecule has 1 aliphatic heterocycles. The van der Waals surface area contributed by atoms with E-state index >= 15 is 0 Å². The summed E-state index contributed by atoms with van der Waals surface area (Å²) in [7, 11) is 2.23. The minimum absolute atomic E-state index is 0.301. The zero-order valence-corrected chi connectivity index (χ0v) is 12.5. The Kier molecular flexibility index (Phi) is 4.68. The Bertz CT molecular complexity index is 256. The first-order valence-electron chi connectivity index (χ1n) is 7.71. The van der Waals surface area contributed by atoms with Gasteiger partial charge in [0.05, 0.1) is 0 Å². The average molecular weight is 253 g/mol. The molecule has 0 aromatic carbocycles. The second-order valence-corrected chi connectivity index (χ2v) is 6.91. The summed E-state index contributed by atoms with van der Waals surface area (Å²) in [6.07, 6.45) is 8.49. The van der Waals surface area contributed by atoms with Gasteiger partial charge in [0.25, 0.3) is 0 Å². The van der Waals surface area contributed by atoms with Gasteiger partial charge < -0.3 is 5.73 Å². The number of likely N-dealkylation sites (N-methyl/N-ethyl adjacent to an activating group) is 1. The summed E-state index contributed by atoms with van der Waals surface area (Å²) >= 11 is 0. The summed E-state index contributed by atoms with van der Waals surface area (Å²) < 4.78 is 0. The van der Waals surface area contributed by atoms with E-state index in [0.29, 0.717) is 11.6 Å². The van der Waals surface area contributed by atoms with Crippen molar-refractivity contribution in [3.8, 4) is 0 Å². The highest BCUT2D eigenvalue weighted by Crippen LogP contribution is 2.31. The van der Waals surface area contributed by atoms with Crippen LogP contribution in [0.3, 0.4) is 0 Å². The summed E-state index contributed by atoms with van der Waals surface area (Å²) in [4.78, 5) is 5.23. The van der Waals surface area contributed by atoms with Gasteiger partial charge in [0, 0.05) is 37.3 Å². The van der Waals surface area contributed by atoms with Crippen molar-refractivity contribution in [2.24, 2.45) is 5.73 Å². The van der Waals surface area contributed by atoms with E-state index in [-0.39, 0.29) is 0 Å². The normalized spacial score (nSPS) is 32.3. The molecule has 1 unspecified atom stereocenters. The summed E-state index contributed by atoms with van der Waals surface area (Å²) in [5.41, 5.74) is 6.24. The molecule has 106 valence electrons. The van der Waals surface area contributed by atoms with Crippen LogP contribution in [-0.4, -0.2) is 54.1 Å². The second-order valence-electron chi connectivity index (χ2n) is 6.91. The van der Waals surface area contributed by atoms with Crippen LogP contribution < -0.4 is 5.73 Å². The third-order valence-corrected chi connectivity index (χ3v) is 4.98. The first-order valence-corrected chi connectivity index (χ1v) is 7.71. The highest BCUT2D eigenvalue weighted by molar-refractivity contribution is 4.97. The molecule has 0 aromatic rings. The van der Waals surface area contributed by atoms with Crippen LogP contribution >= 0.6 is 0 Å². The fourth-order valence-electron chi connectivity index (χ4n) is 3.91. The first kappa shape index (κ1) is 14.3. The topological polar surface area (TPSA) is 32.5 Å². The van der Waals surface area contributed by atoms with Gasteiger partial charge in [-0.25, -0.2) is 0 Å². The molecule has 3 heteroatoms. The Balaban J connectivity index is 2.07. The highest BCUT2D eigenvalue weighted by Gasteiger charge is 2.40. The van der Waals surface area contributed by atoms with E-state index in [2.05, 4.69) is 30.7 Å². The van der Waals surface area contributed by atoms with Gasteiger partial charge in [-0.15, -0.1) is 0 Å². The Morgan fingerprint density at radius 2 is 1.72 bits per heavy atom. The minimum atomic E-state index is 0.301. The van der Waals surface area contributed by atoms with E-state index in [1.807, 2.05) is 0 Å². The fraction of sp³-hybridized carbons (Fsp3) is 1.00. The molecule has 1 saturated heterocycles. The molecule has 3 nitrogen and oxygen atoms in total. The summed E-state index contributed by atoms with van der Waals surface area (Å²) in [5.74, 6) is 0. The van der Waals surface area contributed by atoms with Crippen LogP contribution in [-0.2, 0) is 0 Å². The molecule has 1 saturated carbocycles. The molecule has 2 N–H and O–H groups in total. The third kappa shape index (κ3) is 3.06. The lowest BCUT2D eigenvalue weighted by molar-refractivity contribution is -0.0341. The van der Waals surface area contributed by atoms with E-state index < -0.39 is 0 Å². The van der Waals surface area contributed by atoms with Crippen molar-refractivity contribution in [1.29, 1.82) is 0 Å². The van der Waals surface area contributed by atoms with Gasteiger partial charge in [0.15, 0.2) is 0 Å². The van der Waals surface area contributed by atoms with Gasteiger partial charge >= 0.3 is 0 Å². The monoisotopic (exact) mass is 253 g/mol. The molecule has 0 bridgehead atoms. The molecule has 0 spiro atoms. The van der Waals surface area contributed by atoms with E-state index in [1.165, 1.54) is 38.5 Å². The smallest absolute Gasteiger partial charge is 0.0343 e. The van der Waals surface area contributed by atoms with Crippen LogP contribution in [0.4, 0.5) is 0 Å². The fourth-order valence-corrected chi connectivity index (χ4v) is 3.91. The van der Waals surface area contributed by atoms with E-state index in [9.17, 15) is 0 Å². The molecule has 2 aliphatic rings. The maximum atomic E-state index is 5.94. The van der Waals surface area contributed by atoms with Gasteiger partial charge in [-0.3, -0.25) is 9.80 Å². The van der Waals surface area contributed by atoms with Crippen molar-refractivity contribution in [2.45, 2.75) is 70.0 Å². The van der Waals surface area contributed by atoms with E-state index in [1.54, 1.807) is 0 Å². The lowest BCUT2D eigenvalue weighted by Crippen LogP contribution is -2.66. The van der Waals surface area contributed by atoms with Gasteiger partial charge in [-0.05, 0) is 33.7 Å². The lowest BCUT2D eigenvalue weighted by atomic mass is 9.91. The summed E-state index contributed by atoms with van der Waals surface area (Å²) in [5, 5.41) is 0. The van der Waals surface area contributed by atoms with Crippen molar-refractivity contribution in [2.75, 3.05) is 26.7 Å². The first-order chi connectivity index (χ1) is 8.54. The number of hydrogen-bond donors (Lipinski definition) is 1. The van der Waals surface area contributed by atoms with Crippen molar-refractivity contribution in [3.05, 3.63) is 0 Å². The molecular formula is C15H31N3. The molecule has 0 radical (unpaired) electrons. The molecule has 18 heavy (non-hydrogen) atoms. The second kappa shape index (κ2) is 5.89. The summed E-state index contributed by atoms with van der Waals surface area (Å²) in [6.45, 7) is 7.90. The highest BCUT2D eigenvalue weighted by atomic mass is 15.3. The standard InChI is InChI=1S/C15H31N3/c1-15(2)12-17(3)14(10-16)11-18(15)13-8-6-4-5-7-9-13/h13-14H,4-12,16H2,1-3H3. The lowest BCUT2D eigenvalue weighted by Gasteiger charge is -2.53. The van der Waals surface area contributed by atoms with Crippen LogP contribution in [0.1, 0.15) is 52.4 Å². The maximum absolute atomic E-state index is 5.94. The predicted molar refractivity (Wildman–Crippen MR) is 77.7 cm³/mol. The molecule has 1 heterocycles. The molecule has 1 aliphatic carbocycles. The third-order valence-electron chi connectivity index (χ3n) is 4.98. The predicted octanol–water partition coefficient (Wildman–Crippen LogP) is 2.06. The quantitative estimate of drug-likeness (QED) is 0.765. The van der Waals surface area contributed by atoms with Crippen molar-refractivity contribution < 1.29 is 0 Å². The zero-order valence-electron chi connectivity index (χ0n) is 12.5. The molecule has 0 amide bonds. The molecular weight excluding hydrogens is 222 g/mol. The van der Waals surface area contributed by atoms with Crippen LogP contribution in [0.25, 0.3) is 0 Å². The Hall–Kier alpha value is -0.120. The van der Waals surface area contributed by atoms with Crippen LogP contribution in [0.2, 0.25) is 0 Å². The van der Waals surface area contributed by atoms with Crippen LogP contribution in [0, 0.1) is 0 Å². The van der Waals surface area contributed by atoms with Crippen LogP contribution in [0.15, 0.2) is 0 Å². The van der Waals surface area contributed by atoms with Gasteiger partial charge in [0.2, 0.25) is 0 Å². The average Bonchev–Trinajstić information content (AvgIpc) is 2.56. The Labute approximate surface area is 113 Å². The number of rotatable bonds is 2. The maximum Gasteiger partial charge on any atom is 0.0343 e. The SMILES string of the molecule is CN1CC(C)(C)N(C2CCCCCC2)CC1CN. The minimum Gasteiger partial charge on any atom is -0.329 e. The van der Waals surface area contributed by atoms with Crippen LogP contribution in [0.5, 0.6) is 0 Å². The molecule has 0 aromatic heterocycles. The van der Waals surface area contributed by atoms with Gasteiger partial charge in [-0.2, -0.15) is 0 Å². The van der Waals surface area contributed by atoms with E-state index in [0.717, 1.165) is 25.7 Å². The number of nitrogens with zero attached hydrogens (tertiary/aromatic N) is 2. The Morgan fingerprint density at radius 3 is 2.28 bits per heavy atom. The molecule has 2 rings (SSSR count). The number of piperazine rings is 1. The Morgan fingerprint density at radius 1 is 1.11 bits per heavy atom. The zero-order chi connectivity index (χ0) is 13.2. The molecule has 2 fully saturated rings. The number of hydrogen-bond acceptors (Lipinski definition) is 3. The summed E-state index contributed by atoms with van der Waals surface area (Å²) in [6, 6.07) is 1.34. The van der Waals surface area contributed by atoms with Gasteiger partial charge in [0.1, 0.15) is 0 Å². The molecule has 1 atom stereocenters. The van der Waals surface area contributed by atoms with Gasteiger partial charge in [-0.1, -0.05) is 25.7 Å². The van der Waals surface area contributed by atoms with Crippen molar-refractivity contribution in [1.82, 2.24) is 9.80 Å².